The van der Waals surface area contributed by atoms with Crippen molar-refractivity contribution in [1.29, 1.82) is 0 Å². The summed E-state index contributed by atoms with van der Waals surface area (Å²) in [6.07, 6.45) is 0.184. The molecule has 3 rings (SSSR count). The molecule has 1 saturated heterocycles. The lowest BCUT2D eigenvalue weighted by molar-refractivity contribution is -0.140. The predicted molar refractivity (Wildman–Crippen MR) is 120 cm³/mol. The molecule has 7 heteroatoms. The number of imide groups is 1. The molecule has 0 N–H and O–H groups in total. The van der Waals surface area contributed by atoms with Crippen LogP contribution >= 0.6 is 11.6 Å². The zero-order valence-electron chi connectivity index (χ0n) is 18.2. The van der Waals surface area contributed by atoms with E-state index in [4.69, 9.17) is 16.3 Å². The fourth-order valence-corrected chi connectivity index (χ4v) is 3.80. The molecule has 0 radical (unpaired) electrons. The van der Waals surface area contributed by atoms with Gasteiger partial charge in [-0.15, -0.1) is 0 Å². The number of carbonyl (C=O) groups excluding carboxylic acids is 3. The van der Waals surface area contributed by atoms with Crippen LogP contribution in [0.3, 0.4) is 0 Å². The highest BCUT2D eigenvalue weighted by atomic mass is 35.5. The summed E-state index contributed by atoms with van der Waals surface area (Å²) in [5.41, 5.74) is 0.922. The van der Waals surface area contributed by atoms with Crippen molar-refractivity contribution >= 4 is 35.0 Å². The standard InChI is InChI=1S/C24H27ClN2O4/c1-24(2,3)14-22(29)26(15-16-7-5-6-8-19(16)25)20-13-21(28)27(23(20)30)17-9-11-18(31-4)12-10-17/h5-12,20H,13-15H2,1-4H3. The minimum atomic E-state index is -0.874. The zero-order valence-corrected chi connectivity index (χ0v) is 19.0. The number of hydrogen-bond acceptors (Lipinski definition) is 4. The van der Waals surface area contributed by atoms with Gasteiger partial charge in [-0.3, -0.25) is 14.4 Å². The quantitative estimate of drug-likeness (QED) is 0.620. The summed E-state index contributed by atoms with van der Waals surface area (Å²) in [6.45, 7) is 6.05. The van der Waals surface area contributed by atoms with Crippen molar-refractivity contribution in [2.75, 3.05) is 12.0 Å². The summed E-state index contributed by atoms with van der Waals surface area (Å²) in [7, 11) is 1.55. The van der Waals surface area contributed by atoms with Gasteiger partial charge < -0.3 is 9.64 Å². The number of hydrogen-bond donors (Lipinski definition) is 0. The summed E-state index contributed by atoms with van der Waals surface area (Å²) in [5.74, 6) is -0.312. The minimum Gasteiger partial charge on any atom is -0.497 e. The molecule has 1 atom stereocenters. The second-order valence-corrected chi connectivity index (χ2v) is 9.24. The van der Waals surface area contributed by atoms with Crippen LogP contribution in [0.5, 0.6) is 5.75 Å². The van der Waals surface area contributed by atoms with Gasteiger partial charge >= 0.3 is 0 Å². The number of methoxy groups -OCH3 is 1. The third-order valence-electron chi connectivity index (χ3n) is 5.13. The Hall–Kier alpha value is -2.86. The third-order valence-corrected chi connectivity index (χ3v) is 5.50. The molecule has 0 saturated carbocycles. The normalized spacial score (nSPS) is 16.5. The maximum Gasteiger partial charge on any atom is 0.257 e. The number of halogens is 1. The fraction of sp³-hybridized carbons (Fsp3) is 0.375. The van der Waals surface area contributed by atoms with E-state index in [-0.39, 0.29) is 36.6 Å². The molecule has 3 amide bonds. The highest BCUT2D eigenvalue weighted by Gasteiger charge is 2.44. The lowest BCUT2D eigenvalue weighted by Crippen LogP contribution is -2.46. The van der Waals surface area contributed by atoms with E-state index in [1.807, 2.05) is 39.0 Å². The number of ether oxygens (including phenoxy) is 1. The molecular formula is C24H27ClN2O4. The topological polar surface area (TPSA) is 66.9 Å². The highest BCUT2D eigenvalue weighted by molar-refractivity contribution is 6.31. The Balaban J connectivity index is 1.92. The van der Waals surface area contributed by atoms with E-state index in [0.29, 0.717) is 16.5 Å². The van der Waals surface area contributed by atoms with Gasteiger partial charge in [0.2, 0.25) is 11.8 Å². The number of rotatable bonds is 6. The molecule has 31 heavy (non-hydrogen) atoms. The van der Waals surface area contributed by atoms with Crippen molar-refractivity contribution in [3.05, 3.63) is 59.1 Å². The van der Waals surface area contributed by atoms with E-state index in [1.54, 1.807) is 37.4 Å². The highest BCUT2D eigenvalue weighted by Crippen LogP contribution is 2.31. The van der Waals surface area contributed by atoms with Crippen LogP contribution in [-0.4, -0.2) is 35.8 Å². The molecule has 164 valence electrons. The summed E-state index contributed by atoms with van der Waals surface area (Å²) in [5, 5.41) is 0.514. The van der Waals surface area contributed by atoms with Crippen molar-refractivity contribution in [3.8, 4) is 5.75 Å². The Kier molecular flexibility index (Phi) is 6.70. The Morgan fingerprint density at radius 3 is 2.35 bits per heavy atom. The van der Waals surface area contributed by atoms with Gasteiger partial charge in [-0.25, -0.2) is 4.90 Å². The average molecular weight is 443 g/mol. The van der Waals surface area contributed by atoms with Gasteiger partial charge in [0.1, 0.15) is 11.8 Å². The van der Waals surface area contributed by atoms with E-state index in [1.165, 1.54) is 4.90 Å². The van der Waals surface area contributed by atoms with Crippen molar-refractivity contribution in [1.82, 2.24) is 4.90 Å². The number of amides is 3. The Labute approximate surface area is 187 Å². The smallest absolute Gasteiger partial charge is 0.257 e. The number of carbonyl (C=O) groups is 3. The molecule has 0 aromatic heterocycles. The molecule has 1 unspecified atom stereocenters. The molecule has 2 aromatic rings. The molecule has 1 fully saturated rings. The van der Waals surface area contributed by atoms with Gasteiger partial charge in [0, 0.05) is 18.0 Å². The van der Waals surface area contributed by atoms with Crippen LogP contribution in [0.25, 0.3) is 0 Å². The molecule has 0 spiro atoms. The van der Waals surface area contributed by atoms with Gasteiger partial charge in [0.25, 0.3) is 5.91 Å². The SMILES string of the molecule is COc1ccc(N2C(=O)CC(N(Cc3ccccc3Cl)C(=O)CC(C)(C)C)C2=O)cc1. The van der Waals surface area contributed by atoms with Gasteiger partial charge in [0.05, 0.1) is 19.2 Å². The van der Waals surface area contributed by atoms with E-state index in [0.717, 1.165) is 10.5 Å². The van der Waals surface area contributed by atoms with Crippen LogP contribution in [-0.2, 0) is 20.9 Å². The minimum absolute atomic E-state index is 0.0643. The van der Waals surface area contributed by atoms with Gasteiger partial charge in [-0.05, 0) is 41.3 Å². The first-order chi connectivity index (χ1) is 14.6. The molecule has 1 aliphatic rings. The Bertz CT molecular complexity index is 982. The second-order valence-electron chi connectivity index (χ2n) is 8.84. The lowest BCUT2D eigenvalue weighted by atomic mass is 9.91. The van der Waals surface area contributed by atoms with E-state index in [2.05, 4.69) is 0 Å². The Morgan fingerprint density at radius 1 is 1.13 bits per heavy atom. The summed E-state index contributed by atoms with van der Waals surface area (Å²) in [4.78, 5) is 42.0. The molecule has 1 heterocycles. The molecular weight excluding hydrogens is 416 g/mol. The number of nitrogens with zero attached hydrogens (tertiary/aromatic N) is 2. The summed E-state index contributed by atoms with van der Waals surface area (Å²) < 4.78 is 5.15. The first-order valence-corrected chi connectivity index (χ1v) is 10.5. The van der Waals surface area contributed by atoms with Crippen molar-refractivity contribution in [3.63, 3.8) is 0 Å². The van der Waals surface area contributed by atoms with Gasteiger partial charge in [-0.1, -0.05) is 50.6 Å². The average Bonchev–Trinajstić information content (AvgIpc) is 3.00. The van der Waals surface area contributed by atoms with Crippen LogP contribution in [0.4, 0.5) is 5.69 Å². The second kappa shape index (κ2) is 9.10. The van der Waals surface area contributed by atoms with E-state index in [9.17, 15) is 14.4 Å². The molecule has 2 aromatic carbocycles. The Morgan fingerprint density at radius 2 is 1.77 bits per heavy atom. The van der Waals surface area contributed by atoms with Gasteiger partial charge in [-0.2, -0.15) is 0 Å². The van der Waals surface area contributed by atoms with Crippen LogP contribution in [0, 0.1) is 5.41 Å². The molecule has 1 aliphatic heterocycles. The van der Waals surface area contributed by atoms with Crippen LogP contribution in [0.2, 0.25) is 5.02 Å². The van der Waals surface area contributed by atoms with Crippen molar-refractivity contribution < 1.29 is 19.1 Å². The third kappa shape index (κ3) is 5.25. The van der Waals surface area contributed by atoms with E-state index < -0.39 is 11.9 Å². The first kappa shape index (κ1) is 22.8. The molecule has 6 nitrogen and oxygen atoms in total. The first-order valence-electron chi connectivity index (χ1n) is 10.1. The lowest BCUT2D eigenvalue weighted by Gasteiger charge is -2.30. The monoisotopic (exact) mass is 442 g/mol. The molecule has 0 bridgehead atoms. The van der Waals surface area contributed by atoms with Gasteiger partial charge in [0.15, 0.2) is 0 Å². The maximum absolute atomic E-state index is 13.3. The van der Waals surface area contributed by atoms with E-state index >= 15 is 0 Å². The predicted octanol–water partition coefficient (Wildman–Crippen LogP) is 4.45. The molecule has 0 aliphatic carbocycles. The fourth-order valence-electron chi connectivity index (χ4n) is 3.60. The zero-order chi connectivity index (χ0) is 22.8. The van der Waals surface area contributed by atoms with Crippen molar-refractivity contribution in [2.45, 2.75) is 46.2 Å². The van der Waals surface area contributed by atoms with Crippen molar-refractivity contribution in [2.24, 2.45) is 5.41 Å². The van der Waals surface area contributed by atoms with Crippen LogP contribution < -0.4 is 9.64 Å². The summed E-state index contributed by atoms with van der Waals surface area (Å²) >= 11 is 6.32. The van der Waals surface area contributed by atoms with Crippen LogP contribution in [0.15, 0.2) is 48.5 Å². The largest absolute Gasteiger partial charge is 0.497 e. The van der Waals surface area contributed by atoms with Crippen LogP contribution in [0.1, 0.15) is 39.2 Å². The maximum atomic E-state index is 13.3. The number of anilines is 1. The summed E-state index contributed by atoms with van der Waals surface area (Å²) in [6, 6.07) is 13.0. The number of benzene rings is 2.